The third-order valence-corrected chi connectivity index (χ3v) is 9.17. The van der Waals surface area contributed by atoms with Crippen molar-refractivity contribution in [2.45, 2.75) is 42.3 Å². The van der Waals surface area contributed by atoms with Gasteiger partial charge >= 0.3 is 6.03 Å². The van der Waals surface area contributed by atoms with Gasteiger partial charge in [-0.2, -0.15) is 0 Å². The van der Waals surface area contributed by atoms with Crippen LogP contribution in [0.2, 0.25) is 0 Å². The van der Waals surface area contributed by atoms with Crippen LogP contribution in [-0.2, 0) is 26.5 Å². The molecule has 0 bridgehead atoms. The minimum atomic E-state index is -4.04. The second-order valence-electron chi connectivity index (χ2n) is 9.03. The molecule has 0 aliphatic carbocycles. The Morgan fingerprint density at radius 2 is 1.58 bits per heavy atom. The quantitative estimate of drug-likeness (QED) is 0.499. The van der Waals surface area contributed by atoms with Gasteiger partial charge in [0.15, 0.2) is 9.84 Å². The maximum Gasteiger partial charge on any atom is 0.334 e. The first-order valence-corrected chi connectivity index (χ1v) is 14.7. The van der Waals surface area contributed by atoms with Crippen molar-refractivity contribution in [3.63, 3.8) is 0 Å². The number of nitrogens with zero attached hydrogens (tertiary/aromatic N) is 2. The highest BCUT2D eigenvalue weighted by molar-refractivity contribution is 7.90. The fraction of sp³-hybridized carbons (Fsp3) is 0.269. The largest absolute Gasteiger partial charge is 0.392 e. The maximum absolute atomic E-state index is 13.3. The predicted molar refractivity (Wildman–Crippen MR) is 136 cm³/mol. The number of rotatable bonds is 7. The molecule has 0 radical (unpaired) electrons. The molecule has 0 spiro atoms. The monoisotopic (exact) mass is 528 g/mol. The molecule has 4 rings (SSSR count). The molecule has 3 aromatic rings. The smallest absolute Gasteiger partial charge is 0.334 e. The van der Waals surface area contributed by atoms with Crippen LogP contribution in [0.15, 0.2) is 82.6 Å². The van der Waals surface area contributed by atoms with Gasteiger partial charge < -0.3 is 10.0 Å². The number of hydrogen-bond donors (Lipinski definition) is 1. The molecule has 190 valence electrons. The molecule has 1 atom stereocenters. The van der Waals surface area contributed by atoms with E-state index in [1.165, 1.54) is 18.2 Å². The molecule has 1 aliphatic rings. The second kappa shape index (κ2) is 9.68. The zero-order valence-electron chi connectivity index (χ0n) is 20.2. The Hall–Kier alpha value is -3.21. The van der Waals surface area contributed by atoms with Crippen molar-refractivity contribution in [3.8, 4) is 11.1 Å². The summed E-state index contributed by atoms with van der Waals surface area (Å²) < 4.78 is 52.0. The lowest BCUT2D eigenvalue weighted by molar-refractivity contribution is 0.181. The number of carbonyl (C=O) groups is 1. The van der Waals surface area contributed by atoms with Crippen molar-refractivity contribution in [3.05, 3.63) is 83.9 Å². The van der Waals surface area contributed by atoms with Gasteiger partial charge in [-0.3, -0.25) is 0 Å². The summed E-state index contributed by atoms with van der Waals surface area (Å²) in [5.74, 6) is 0. The fourth-order valence-electron chi connectivity index (χ4n) is 4.49. The highest BCUT2D eigenvalue weighted by atomic mass is 32.2. The number of amides is 2. The van der Waals surface area contributed by atoms with Crippen LogP contribution >= 0.6 is 0 Å². The molecule has 8 nitrogen and oxygen atoms in total. The van der Waals surface area contributed by atoms with E-state index in [0.29, 0.717) is 16.7 Å². The number of aliphatic hydroxyl groups is 1. The van der Waals surface area contributed by atoms with Gasteiger partial charge in [-0.1, -0.05) is 48.5 Å². The topological polar surface area (TPSA) is 112 Å². The molecule has 1 saturated heterocycles. The molecule has 3 aromatic carbocycles. The van der Waals surface area contributed by atoms with E-state index in [4.69, 9.17) is 0 Å². The zero-order chi connectivity index (χ0) is 26.3. The van der Waals surface area contributed by atoms with Crippen LogP contribution in [0, 0.1) is 0 Å². The molecule has 1 heterocycles. The Labute approximate surface area is 211 Å². The number of carbonyl (C=O) groups excluding carboxylic acids is 1. The summed E-state index contributed by atoms with van der Waals surface area (Å²) in [5.41, 5.74) is 2.38. The Balaban J connectivity index is 1.75. The van der Waals surface area contributed by atoms with E-state index in [1.807, 2.05) is 32.0 Å². The van der Waals surface area contributed by atoms with Gasteiger partial charge in [0.25, 0.3) is 10.0 Å². The van der Waals surface area contributed by atoms with Crippen molar-refractivity contribution in [1.29, 1.82) is 0 Å². The minimum absolute atomic E-state index is 0.0459. The molecule has 36 heavy (non-hydrogen) atoms. The molecule has 1 aliphatic heterocycles. The van der Waals surface area contributed by atoms with E-state index in [0.717, 1.165) is 16.1 Å². The van der Waals surface area contributed by atoms with Gasteiger partial charge in [0.05, 0.1) is 29.0 Å². The molecular weight excluding hydrogens is 500 g/mol. The highest BCUT2D eigenvalue weighted by Gasteiger charge is 2.45. The molecule has 1 fully saturated rings. The van der Waals surface area contributed by atoms with E-state index in [1.54, 1.807) is 41.3 Å². The van der Waals surface area contributed by atoms with Crippen molar-refractivity contribution in [2.75, 3.05) is 12.8 Å². The summed E-state index contributed by atoms with van der Waals surface area (Å²) in [5, 5.41) is 9.55. The summed E-state index contributed by atoms with van der Waals surface area (Å²) in [7, 11) is -7.60. The van der Waals surface area contributed by atoms with Crippen LogP contribution in [0.5, 0.6) is 0 Å². The molecule has 1 N–H and O–H groups in total. The lowest BCUT2D eigenvalue weighted by Crippen LogP contribution is -2.39. The van der Waals surface area contributed by atoms with Gasteiger partial charge in [-0.15, -0.1) is 0 Å². The minimum Gasteiger partial charge on any atom is -0.392 e. The van der Waals surface area contributed by atoms with Crippen molar-refractivity contribution >= 4 is 25.9 Å². The summed E-state index contributed by atoms with van der Waals surface area (Å²) in [4.78, 5) is 15.0. The van der Waals surface area contributed by atoms with E-state index in [2.05, 4.69) is 0 Å². The summed E-state index contributed by atoms with van der Waals surface area (Å²) >= 11 is 0. The van der Waals surface area contributed by atoms with E-state index < -0.39 is 38.5 Å². The average Bonchev–Trinajstić information content (AvgIpc) is 3.22. The van der Waals surface area contributed by atoms with Crippen LogP contribution in [0.1, 0.15) is 31.0 Å². The lowest BCUT2D eigenvalue weighted by atomic mass is 9.98. The number of aliphatic hydroxyl groups excluding tert-OH is 1. The van der Waals surface area contributed by atoms with E-state index in [9.17, 15) is 26.7 Å². The van der Waals surface area contributed by atoms with Crippen LogP contribution in [0.25, 0.3) is 11.1 Å². The Kier molecular flexibility index (Phi) is 6.96. The first-order valence-electron chi connectivity index (χ1n) is 11.4. The lowest BCUT2D eigenvalue weighted by Gasteiger charge is -2.27. The normalized spacial score (nSPS) is 16.7. The van der Waals surface area contributed by atoms with Crippen molar-refractivity contribution in [2.24, 2.45) is 0 Å². The van der Waals surface area contributed by atoms with Gasteiger partial charge in [0.2, 0.25) is 0 Å². The standard InChI is InChI=1S/C26H28N2O6S2/c1-18(2)28-24(16-27(26(28)30)36(33,34)23-10-5-4-6-11-23)21-9-7-8-19(14-21)20-12-13-22(17-29)25(15-20)35(3,31)32/h4-15,18,24,29H,16-17H2,1-3H3. The Bertz CT molecular complexity index is 1500. The molecule has 2 amide bonds. The van der Waals surface area contributed by atoms with E-state index in [-0.39, 0.29) is 22.4 Å². The molecule has 0 aromatic heterocycles. The third kappa shape index (κ3) is 4.76. The van der Waals surface area contributed by atoms with Gasteiger partial charge in [-0.25, -0.2) is 25.9 Å². The second-order valence-corrected chi connectivity index (χ2v) is 12.9. The van der Waals surface area contributed by atoms with Crippen molar-refractivity contribution < 1.29 is 26.7 Å². The Morgan fingerprint density at radius 1 is 0.917 bits per heavy atom. The third-order valence-electron chi connectivity index (χ3n) is 6.24. The first-order chi connectivity index (χ1) is 16.9. The van der Waals surface area contributed by atoms with E-state index >= 15 is 0 Å². The number of sulfone groups is 1. The number of urea groups is 1. The maximum atomic E-state index is 13.3. The zero-order valence-corrected chi connectivity index (χ0v) is 21.8. The summed E-state index contributed by atoms with van der Waals surface area (Å²) in [6.45, 7) is 3.22. The van der Waals surface area contributed by atoms with Gasteiger partial charge in [-0.05, 0) is 60.4 Å². The average molecular weight is 529 g/mol. The van der Waals surface area contributed by atoms with Crippen LogP contribution in [0.4, 0.5) is 4.79 Å². The predicted octanol–water partition coefficient (Wildman–Crippen LogP) is 3.83. The highest BCUT2D eigenvalue weighted by Crippen LogP contribution is 2.36. The van der Waals surface area contributed by atoms with Crippen LogP contribution in [0.3, 0.4) is 0 Å². The summed E-state index contributed by atoms with van der Waals surface area (Å²) in [6, 6.07) is 18.6. The number of sulfonamides is 1. The molecular formula is C26H28N2O6S2. The molecule has 0 saturated carbocycles. The fourth-order valence-corrected chi connectivity index (χ4v) is 6.83. The SMILES string of the molecule is CC(C)N1C(=O)N(S(=O)(=O)c2ccccc2)CC1c1cccc(-c2ccc(CO)c(S(C)(=O)=O)c2)c1. The molecule has 10 heteroatoms. The molecule has 1 unspecified atom stereocenters. The van der Waals surface area contributed by atoms with Gasteiger partial charge in [0, 0.05) is 12.3 Å². The van der Waals surface area contributed by atoms with Gasteiger partial charge in [0.1, 0.15) is 0 Å². The number of hydrogen-bond acceptors (Lipinski definition) is 6. The van der Waals surface area contributed by atoms with Crippen molar-refractivity contribution in [1.82, 2.24) is 9.21 Å². The first kappa shape index (κ1) is 25.9. The number of benzene rings is 3. The summed E-state index contributed by atoms with van der Waals surface area (Å²) in [6.07, 6.45) is 1.09. The van der Waals surface area contributed by atoms with Crippen LogP contribution in [-0.4, -0.2) is 56.0 Å². The van der Waals surface area contributed by atoms with Crippen LogP contribution < -0.4 is 0 Å². The Morgan fingerprint density at radius 3 is 2.19 bits per heavy atom.